The molecule has 1 amide bonds. The molecule has 2 aliphatic rings. The van der Waals surface area contributed by atoms with Crippen LogP contribution < -0.4 is 10.2 Å². The number of nitriles is 1. The van der Waals surface area contributed by atoms with Crippen molar-refractivity contribution in [3.63, 3.8) is 0 Å². The predicted molar refractivity (Wildman–Crippen MR) is 99.8 cm³/mol. The summed E-state index contributed by atoms with van der Waals surface area (Å²) in [7, 11) is 0. The summed E-state index contributed by atoms with van der Waals surface area (Å²) in [5, 5.41) is 12.2. The molecular weight excluding hydrogens is 364 g/mol. The van der Waals surface area contributed by atoms with E-state index in [2.05, 4.69) is 33.2 Å². The Balaban J connectivity index is 1.52. The van der Waals surface area contributed by atoms with E-state index >= 15 is 0 Å². The van der Waals surface area contributed by atoms with E-state index in [1.807, 2.05) is 6.07 Å². The van der Waals surface area contributed by atoms with Crippen molar-refractivity contribution in [3.8, 4) is 6.07 Å². The molecule has 0 radical (unpaired) electrons. The van der Waals surface area contributed by atoms with Gasteiger partial charge in [-0.3, -0.25) is 14.8 Å². The Bertz CT molecular complexity index is 957. The second-order valence-corrected chi connectivity index (χ2v) is 7.87. The van der Waals surface area contributed by atoms with Gasteiger partial charge in [-0.05, 0) is 24.5 Å². The lowest BCUT2D eigenvalue weighted by atomic mass is 9.94. The Labute approximate surface area is 161 Å². The number of amides is 1. The van der Waals surface area contributed by atoms with Gasteiger partial charge in [0.15, 0.2) is 0 Å². The van der Waals surface area contributed by atoms with Crippen LogP contribution in [0, 0.1) is 23.2 Å². The summed E-state index contributed by atoms with van der Waals surface area (Å²) < 4.78 is 26.1. The molecule has 1 aliphatic heterocycles. The average Bonchev–Trinajstić information content (AvgIpc) is 3.25. The maximum atomic E-state index is 13.1. The minimum atomic E-state index is -2.68. The molecular formula is C20H21F2N5O. The first-order chi connectivity index (χ1) is 13.4. The number of aromatic nitrogens is 2. The van der Waals surface area contributed by atoms with Crippen molar-refractivity contribution in [2.75, 3.05) is 18.0 Å². The minimum Gasteiger partial charge on any atom is -0.367 e. The van der Waals surface area contributed by atoms with Crippen LogP contribution in [0.4, 0.5) is 14.5 Å². The number of alkyl halides is 2. The molecule has 8 heteroatoms. The molecule has 3 unspecified atom stereocenters. The monoisotopic (exact) mass is 385 g/mol. The highest BCUT2D eigenvalue weighted by Crippen LogP contribution is 2.50. The highest BCUT2D eigenvalue weighted by Gasteiger charge is 2.57. The lowest BCUT2D eigenvalue weighted by Gasteiger charge is -2.38. The molecule has 2 fully saturated rings. The van der Waals surface area contributed by atoms with E-state index < -0.39 is 11.8 Å². The van der Waals surface area contributed by atoms with Crippen LogP contribution >= 0.6 is 0 Å². The highest BCUT2D eigenvalue weighted by molar-refractivity contribution is 5.92. The Morgan fingerprint density at radius 2 is 2.04 bits per heavy atom. The number of carbonyl (C=O) groups excluding carboxylic acids is 1. The number of carbonyl (C=O) groups is 1. The van der Waals surface area contributed by atoms with Crippen molar-refractivity contribution in [1.82, 2.24) is 15.3 Å². The lowest BCUT2D eigenvalue weighted by Crippen LogP contribution is -2.50. The molecule has 1 aromatic carbocycles. The van der Waals surface area contributed by atoms with Gasteiger partial charge in [0.2, 0.25) is 5.91 Å². The van der Waals surface area contributed by atoms with E-state index in [1.165, 1.54) is 0 Å². The summed E-state index contributed by atoms with van der Waals surface area (Å²) >= 11 is 0. The summed E-state index contributed by atoms with van der Waals surface area (Å²) in [6.07, 6.45) is 3.63. The molecule has 146 valence electrons. The minimum absolute atomic E-state index is 0.119. The van der Waals surface area contributed by atoms with Gasteiger partial charge in [0.05, 0.1) is 11.3 Å². The Kier molecular flexibility index (Phi) is 4.61. The van der Waals surface area contributed by atoms with Crippen LogP contribution in [-0.2, 0) is 4.79 Å². The maximum absolute atomic E-state index is 13.1. The van der Waals surface area contributed by atoms with Crippen LogP contribution in [0.2, 0.25) is 0 Å². The molecule has 2 aromatic rings. The molecule has 1 aliphatic carbocycles. The first-order valence-electron chi connectivity index (χ1n) is 9.43. The molecule has 28 heavy (non-hydrogen) atoms. The van der Waals surface area contributed by atoms with Crippen molar-refractivity contribution in [2.24, 2.45) is 11.8 Å². The molecule has 1 aromatic heterocycles. The normalized spacial score (nSPS) is 25.9. The fraction of sp³-hybridized carbons (Fsp3) is 0.500. The van der Waals surface area contributed by atoms with Gasteiger partial charge in [0.25, 0.3) is 5.92 Å². The third-order valence-corrected chi connectivity index (χ3v) is 5.48. The second kappa shape index (κ2) is 6.97. The van der Waals surface area contributed by atoms with Crippen LogP contribution in [-0.4, -0.2) is 40.9 Å². The first kappa shape index (κ1) is 18.5. The maximum Gasteiger partial charge on any atom is 0.252 e. The van der Waals surface area contributed by atoms with Crippen molar-refractivity contribution < 1.29 is 13.6 Å². The zero-order valence-corrected chi connectivity index (χ0v) is 15.5. The number of rotatable bonds is 4. The van der Waals surface area contributed by atoms with E-state index in [0.29, 0.717) is 29.1 Å². The van der Waals surface area contributed by atoms with Crippen LogP contribution in [0.25, 0.3) is 11.0 Å². The van der Waals surface area contributed by atoms with Gasteiger partial charge in [-0.1, -0.05) is 6.92 Å². The van der Waals surface area contributed by atoms with Crippen LogP contribution in [0.5, 0.6) is 0 Å². The van der Waals surface area contributed by atoms with E-state index in [4.69, 9.17) is 0 Å². The first-order valence-corrected chi connectivity index (χ1v) is 9.43. The predicted octanol–water partition coefficient (Wildman–Crippen LogP) is 2.88. The van der Waals surface area contributed by atoms with Gasteiger partial charge < -0.3 is 10.2 Å². The zero-order valence-electron chi connectivity index (χ0n) is 15.5. The topological polar surface area (TPSA) is 81.9 Å². The lowest BCUT2D eigenvalue weighted by molar-refractivity contribution is -0.122. The number of piperidine rings is 1. The zero-order chi connectivity index (χ0) is 19.9. The van der Waals surface area contributed by atoms with Gasteiger partial charge >= 0.3 is 0 Å². The summed E-state index contributed by atoms with van der Waals surface area (Å²) in [6.45, 7) is 3.44. The number of anilines is 1. The second-order valence-electron chi connectivity index (χ2n) is 7.87. The summed E-state index contributed by atoms with van der Waals surface area (Å²) in [5.74, 6) is -3.50. The van der Waals surface area contributed by atoms with E-state index in [1.54, 1.807) is 18.5 Å². The van der Waals surface area contributed by atoms with Gasteiger partial charge in [-0.2, -0.15) is 5.26 Å². The molecule has 2 heterocycles. The standard InChI is InChI=1S/C20H21F2N5O/c1-12-6-15(26-17(28)7-14-8-20(14,21)22)11-27(10-12)16-3-2-13(9-23)18-19(16)25-5-4-24-18/h2-5,12,14-15H,6-8,10-11H2,1H3,(H,26,28). The van der Waals surface area contributed by atoms with Crippen LogP contribution in [0.15, 0.2) is 24.5 Å². The van der Waals surface area contributed by atoms with E-state index in [9.17, 15) is 18.8 Å². The van der Waals surface area contributed by atoms with Crippen molar-refractivity contribution in [2.45, 2.75) is 38.2 Å². The number of halogens is 2. The molecule has 0 spiro atoms. The Morgan fingerprint density at radius 1 is 1.32 bits per heavy atom. The largest absolute Gasteiger partial charge is 0.367 e. The smallest absolute Gasteiger partial charge is 0.252 e. The number of nitrogens with zero attached hydrogens (tertiary/aromatic N) is 4. The van der Waals surface area contributed by atoms with Crippen LogP contribution in [0.3, 0.4) is 0 Å². The van der Waals surface area contributed by atoms with Crippen molar-refractivity contribution in [3.05, 3.63) is 30.1 Å². The Morgan fingerprint density at radius 3 is 2.71 bits per heavy atom. The van der Waals surface area contributed by atoms with Crippen LogP contribution in [0.1, 0.15) is 31.7 Å². The SMILES string of the molecule is CC1CC(NC(=O)CC2CC2(F)F)CN(c2ccc(C#N)c3nccnc23)C1. The number of hydrogen-bond acceptors (Lipinski definition) is 5. The molecule has 6 nitrogen and oxygen atoms in total. The molecule has 0 bridgehead atoms. The molecule has 1 saturated heterocycles. The average molecular weight is 385 g/mol. The van der Waals surface area contributed by atoms with Gasteiger partial charge in [-0.25, -0.2) is 8.78 Å². The molecule has 3 atom stereocenters. The molecule has 1 saturated carbocycles. The van der Waals surface area contributed by atoms with Crippen molar-refractivity contribution in [1.29, 1.82) is 5.26 Å². The number of nitrogens with one attached hydrogen (secondary N) is 1. The molecule has 1 N–H and O–H groups in total. The highest BCUT2D eigenvalue weighted by atomic mass is 19.3. The van der Waals surface area contributed by atoms with E-state index in [-0.39, 0.29) is 24.8 Å². The van der Waals surface area contributed by atoms with E-state index in [0.717, 1.165) is 18.7 Å². The number of hydrogen-bond donors (Lipinski definition) is 1. The summed E-state index contributed by atoms with van der Waals surface area (Å²) in [4.78, 5) is 23.0. The summed E-state index contributed by atoms with van der Waals surface area (Å²) in [5.41, 5.74) is 2.53. The number of benzene rings is 1. The Hall–Kier alpha value is -2.82. The quantitative estimate of drug-likeness (QED) is 0.875. The fourth-order valence-corrected chi connectivity index (χ4v) is 4.04. The molecule has 4 rings (SSSR count). The van der Waals surface area contributed by atoms with Gasteiger partial charge in [-0.15, -0.1) is 0 Å². The third kappa shape index (κ3) is 3.61. The van der Waals surface area contributed by atoms with Gasteiger partial charge in [0.1, 0.15) is 17.1 Å². The van der Waals surface area contributed by atoms with Crippen molar-refractivity contribution >= 4 is 22.6 Å². The third-order valence-electron chi connectivity index (χ3n) is 5.48. The number of fused-ring (bicyclic) bond motifs is 1. The van der Waals surface area contributed by atoms with Gasteiger partial charge in [0, 0.05) is 50.3 Å². The fourth-order valence-electron chi connectivity index (χ4n) is 4.04. The summed E-state index contributed by atoms with van der Waals surface area (Å²) in [6, 6.07) is 5.60.